The minimum atomic E-state index is 0.281. The van der Waals surface area contributed by atoms with Crippen molar-refractivity contribution in [1.82, 2.24) is 10.2 Å². The molecule has 1 fully saturated rings. The highest BCUT2D eigenvalue weighted by Gasteiger charge is 2.36. The van der Waals surface area contributed by atoms with Gasteiger partial charge in [-0.1, -0.05) is 6.92 Å². The molecule has 1 N–H and O–H groups in total. The predicted octanol–water partition coefficient (Wildman–Crippen LogP) is 1.47. The maximum absolute atomic E-state index is 3.59. The third-order valence-electron chi connectivity index (χ3n) is 3.26. The van der Waals surface area contributed by atoms with Crippen molar-refractivity contribution in [2.24, 2.45) is 0 Å². The quantitative estimate of drug-likeness (QED) is 0.641. The minimum absolute atomic E-state index is 0.281. The maximum Gasteiger partial charge on any atom is 0.0301 e. The van der Waals surface area contributed by atoms with Crippen LogP contribution in [-0.2, 0) is 0 Å². The third-order valence-corrected chi connectivity index (χ3v) is 3.26. The summed E-state index contributed by atoms with van der Waals surface area (Å²) >= 11 is 0. The van der Waals surface area contributed by atoms with Crippen LogP contribution in [-0.4, -0.2) is 36.1 Å². The Morgan fingerprint density at radius 3 is 2.33 bits per heavy atom. The first-order valence-corrected chi connectivity index (χ1v) is 4.86. The van der Waals surface area contributed by atoms with Gasteiger partial charge in [-0.05, 0) is 34.2 Å². The normalized spacial score (nSPS) is 36.8. The molecule has 2 heteroatoms. The first kappa shape index (κ1) is 10.0. The summed E-state index contributed by atoms with van der Waals surface area (Å²) in [6.45, 7) is 11.4. The Labute approximate surface area is 76.3 Å². The zero-order chi connectivity index (χ0) is 9.41. The van der Waals surface area contributed by atoms with Crippen molar-refractivity contribution < 1.29 is 0 Å². The molecule has 0 spiro atoms. The molecule has 72 valence electrons. The highest BCUT2D eigenvalue weighted by molar-refractivity contribution is 4.97. The summed E-state index contributed by atoms with van der Waals surface area (Å²) in [6.07, 6.45) is 1.21. The van der Waals surface area contributed by atoms with Gasteiger partial charge in [0.2, 0.25) is 0 Å². The molecule has 1 aliphatic heterocycles. The third kappa shape index (κ3) is 1.80. The molecular formula is C10H22N2. The van der Waals surface area contributed by atoms with Crippen molar-refractivity contribution in [1.29, 1.82) is 0 Å². The molecule has 1 aliphatic rings. The SMILES string of the molecule is CCC1(C)CNC(C)(C)CN1C. The van der Waals surface area contributed by atoms with Crippen LogP contribution in [0.25, 0.3) is 0 Å². The van der Waals surface area contributed by atoms with Gasteiger partial charge in [-0.25, -0.2) is 0 Å². The van der Waals surface area contributed by atoms with Gasteiger partial charge in [0.25, 0.3) is 0 Å². The van der Waals surface area contributed by atoms with Crippen LogP contribution in [0.2, 0.25) is 0 Å². The lowest BCUT2D eigenvalue weighted by molar-refractivity contribution is 0.0480. The molecule has 1 rings (SSSR count). The lowest BCUT2D eigenvalue weighted by atomic mass is 9.89. The predicted molar refractivity (Wildman–Crippen MR) is 53.4 cm³/mol. The second-order valence-corrected chi connectivity index (χ2v) is 4.94. The number of hydrogen-bond acceptors (Lipinski definition) is 2. The zero-order valence-corrected chi connectivity index (χ0v) is 9.07. The van der Waals surface area contributed by atoms with Crippen molar-refractivity contribution in [3.63, 3.8) is 0 Å². The van der Waals surface area contributed by atoms with E-state index in [4.69, 9.17) is 0 Å². The second-order valence-electron chi connectivity index (χ2n) is 4.94. The summed E-state index contributed by atoms with van der Waals surface area (Å²) < 4.78 is 0. The molecule has 2 nitrogen and oxygen atoms in total. The molecule has 0 radical (unpaired) electrons. The Bertz CT molecular complexity index is 165. The molecule has 0 bridgehead atoms. The Balaban J connectivity index is 2.65. The Morgan fingerprint density at radius 1 is 1.33 bits per heavy atom. The van der Waals surface area contributed by atoms with E-state index in [1.807, 2.05) is 0 Å². The largest absolute Gasteiger partial charge is 0.309 e. The van der Waals surface area contributed by atoms with Gasteiger partial charge < -0.3 is 5.32 Å². The standard InChI is InChI=1S/C10H22N2/c1-6-10(4)7-11-9(2,3)8-12(10)5/h11H,6-8H2,1-5H3. The van der Waals surface area contributed by atoms with Gasteiger partial charge >= 0.3 is 0 Å². The average molecular weight is 170 g/mol. The molecule has 0 aromatic heterocycles. The molecule has 0 aromatic carbocycles. The van der Waals surface area contributed by atoms with E-state index in [0.29, 0.717) is 5.54 Å². The fourth-order valence-electron chi connectivity index (χ4n) is 1.80. The highest BCUT2D eigenvalue weighted by Crippen LogP contribution is 2.24. The topological polar surface area (TPSA) is 15.3 Å². The van der Waals surface area contributed by atoms with Crippen molar-refractivity contribution in [2.45, 2.75) is 45.2 Å². The van der Waals surface area contributed by atoms with Crippen LogP contribution < -0.4 is 5.32 Å². The second kappa shape index (κ2) is 3.00. The van der Waals surface area contributed by atoms with E-state index >= 15 is 0 Å². The Kier molecular flexibility index (Phi) is 2.50. The van der Waals surface area contributed by atoms with Crippen molar-refractivity contribution in [2.75, 3.05) is 20.1 Å². The summed E-state index contributed by atoms with van der Waals surface area (Å²) in [4.78, 5) is 2.48. The van der Waals surface area contributed by atoms with Crippen LogP contribution >= 0.6 is 0 Å². The van der Waals surface area contributed by atoms with Gasteiger partial charge in [0.05, 0.1) is 0 Å². The van der Waals surface area contributed by atoms with E-state index in [1.54, 1.807) is 0 Å². The van der Waals surface area contributed by atoms with E-state index in [9.17, 15) is 0 Å². The fraction of sp³-hybridized carbons (Fsp3) is 1.00. The molecule has 0 aromatic rings. The molecule has 1 unspecified atom stereocenters. The first-order valence-electron chi connectivity index (χ1n) is 4.86. The van der Waals surface area contributed by atoms with Crippen LogP contribution in [0.1, 0.15) is 34.1 Å². The van der Waals surface area contributed by atoms with Crippen LogP contribution in [0.4, 0.5) is 0 Å². The number of rotatable bonds is 1. The van der Waals surface area contributed by atoms with Gasteiger partial charge in [-0.3, -0.25) is 4.90 Å². The van der Waals surface area contributed by atoms with E-state index in [-0.39, 0.29) is 5.54 Å². The Morgan fingerprint density at radius 2 is 1.92 bits per heavy atom. The molecule has 0 aliphatic carbocycles. The number of hydrogen-bond donors (Lipinski definition) is 1. The van der Waals surface area contributed by atoms with E-state index < -0.39 is 0 Å². The van der Waals surface area contributed by atoms with Crippen molar-refractivity contribution in [3.05, 3.63) is 0 Å². The van der Waals surface area contributed by atoms with Crippen LogP contribution in [0, 0.1) is 0 Å². The van der Waals surface area contributed by atoms with Gasteiger partial charge in [0, 0.05) is 24.2 Å². The van der Waals surface area contributed by atoms with Crippen LogP contribution in [0.3, 0.4) is 0 Å². The summed E-state index contributed by atoms with van der Waals surface area (Å²) in [5, 5.41) is 3.59. The zero-order valence-electron chi connectivity index (χ0n) is 9.07. The molecule has 0 amide bonds. The number of nitrogens with one attached hydrogen (secondary N) is 1. The molecule has 12 heavy (non-hydrogen) atoms. The highest BCUT2D eigenvalue weighted by atomic mass is 15.3. The average Bonchev–Trinajstić information content (AvgIpc) is 1.97. The van der Waals surface area contributed by atoms with Crippen LogP contribution in [0.15, 0.2) is 0 Å². The summed E-state index contributed by atoms with van der Waals surface area (Å²) in [6, 6.07) is 0. The van der Waals surface area contributed by atoms with E-state index in [0.717, 1.165) is 13.1 Å². The van der Waals surface area contributed by atoms with E-state index in [1.165, 1.54) is 6.42 Å². The molecule has 1 saturated heterocycles. The smallest absolute Gasteiger partial charge is 0.0301 e. The molecule has 1 heterocycles. The molecule has 1 atom stereocenters. The lowest BCUT2D eigenvalue weighted by Crippen LogP contribution is -2.65. The first-order chi connectivity index (χ1) is 5.40. The lowest BCUT2D eigenvalue weighted by Gasteiger charge is -2.49. The summed E-state index contributed by atoms with van der Waals surface area (Å²) in [5.74, 6) is 0. The van der Waals surface area contributed by atoms with Crippen molar-refractivity contribution in [3.8, 4) is 0 Å². The minimum Gasteiger partial charge on any atom is -0.309 e. The molecular weight excluding hydrogens is 148 g/mol. The fourth-order valence-corrected chi connectivity index (χ4v) is 1.80. The number of likely N-dealkylation sites (N-methyl/N-ethyl adjacent to an activating group) is 1. The van der Waals surface area contributed by atoms with Gasteiger partial charge in [-0.15, -0.1) is 0 Å². The maximum atomic E-state index is 3.59. The summed E-state index contributed by atoms with van der Waals surface area (Å²) in [7, 11) is 2.23. The summed E-state index contributed by atoms with van der Waals surface area (Å²) in [5.41, 5.74) is 0.638. The van der Waals surface area contributed by atoms with Gasteiger partial charge in [0.15, 0.2) is 0 Å². The van der Waals surface area contributed by atoms with Crippen molar-refractivity contribution >= 4 is 0 Å². The molecule has 0 saturated carbocycles. The van der Waals surface area contributed by atoms with Gasteiger partial charge in [-0.2, -0.15) is 0 Å². The van der Waals surface area contributed by atoms with E-state index in [2.05, 4.69) is 45.0 Å². The Hall–Kier alpha value is -0.0800. The monoisotopic (exact) mass is 170 g/mol. The number of nitrogens with zero attached hydrogens (tertiary/aromatic N) is 1. The van der Waals surface area contributed by atoms with Gasteiger partial charge in [0.1, 0.15) is 0 Å². The van der Waals surface area contributed by atoms with Crippen LogP contribution in [0.5, 0.6) is 0 Å². The number of piperazine rings is 1.